The van der Waals surface area contributed by atoms with Gasteiger partial charge in [-0.1, -0.05) is 56.2 Å². The summed E-state index contributed by atoms with van der Waals surface area (Å²) in [6, 6.07) is 13.7. The van der Waals surface area contributed by atoms with Gasteiger partial charge in [0.2, 0.25) is 0 Å². The standard InChI is InChI=1S/C21H23F3/c1-2-3-15-4-5-19(14-15)18-8-6-16(7-9-18)17-10-12-20(13-11-17)21(22,23)24/h6-13,15,19H,2-5,14H2,1H3. The van der Waals surface area contributed by atoms with Crippen molar-refractivity contribution in [2.45, 2.75) is 51.1 Å². The maximum Gasteiger partial charge on any atom is 0.416 e. The van der Waals surface area contributed by atoms with Crippen LogP contribution in [0, 0.1) is 5.92 Å². The van der Waals surface area contributed by atoms with Crippen LogP contribution in [0.5, 0.6) is 0 Å². The maximum atomic E-state index is 12.6. The van der Waals surface area contributed by atoms with Crippen LogP contribution in [0.25, 0.3) is 11.1 Å². The van der Waals surface area contributed by atoms with E-state index in [0.29, 0.717) is 5.92 Å². The molecule has 0 aromatic heterocycles. The van der Waals surface area contributed by atoms with E-state index in [9.17, 15) is 13.2 Å². The maximum absolute atomic E-state index is 12.6. The first-order valence-electron chi connectivity index (χ1n) is 8.75. The Bertz CT molecular complexity index is 653. The topological polar surface area (TPSA) is 0 Å². The molecule has 24 heavy (non-hydrogen) atoms. The molecule has 0 aliphatic heterocycles. The fraction of sp³-hybridized carbons (Fsp3) is 0.429. The zero-order chi connectivity index (χ0) is 17.2. The van der Waals surface area contributed by atoms with Crippen molar-refractivity contribution in [2.75, 3.05) is 0 Å². The molecule has 0 N–H and O–H groups in total. The molecule has 128 valence electrons. The van der Waals surface area contributed by atoms with Crippen LogP contribution in [0.3, 0.4) is 0 Å². The van der Waals surface area contributed by atoms with Crippen LogP contribution in [-0.2, 0) is 6.18 Å². The molecular weight excluding hydrogens is 309 g/mol. The highest BCUT2D eigenvalue weighted by atomic mass is 19.4. The van der Waals surface area contributed by atoms with Crippen LogP contribution in [0.15, 0.2) is 48.5 Å². The summed E-state index contributed by atoms with van der Waals surface area (Å²) in [7, 11) is 0. The zero-order valence-corrected chi connectivity index (χ0v) is 13.9. The Morgan fingerprint density at radius 2 is 1.46 bits per heavy atom. The molecule has 0 spiro atoms. The van der Waals surface area contributed by atoms with Gasteiger partial charge < -0.3 is 0 Å². The largest absolute Gasteiger partial charge is 0.416 e. The predicted octanol–water partition coefficient (Wildman–Crippen LogP) is 7.06. The van der Waals surface area contributed by atoms with Gasteiger partial charge in [-0.2, -0.15) is 13.2 Å². The van der Waals surface area contributed by atoms with Gasteiger partial charge in [0.15, 0.2) is 0 Å². The SMILES string of the molecule is CCCC1CCC(c2ccc(-c3ccc(C(F)(F)F)cc3)cc2)C1. The molecule has 0 heterocycles. The first kappa shape index (κ1) is 17.1. The van der Waals surface area contributed by atoms with Crippen LogP contribution < -0.4 is 0 Å². The molecule has 0 saturated heterocycles. The highest BCUT2D eigenvalue weighted by Crippen LogP contribution is 2.40. The molecule has 1 saturated carbocycles. The van der Waals surface area contributed by atoms with Crippen LogP contribution in [0.1, 0.15) is 56.1 Å². The lowest BCUT2D eigenvalue weighted by Crippen LogP contribution is -2.03. The lowest BCUT2D eigenvalue weighted by molar-refractivity contribution is -0.137. The quantitative estimate of drug-likeness (QED) is 0.562. The van der Waals surface area contributed by atoms with Gasteiger partial charge in [0.1, 0.15) is 0 Å². The second kappa shape index (κ2) is 7.00. The van der Waals surface area contributed by atoms with Gasteiger partial charge in [0.25, 0.3) is 0 Å². The van der Waals surface area contributed by atoms with Crippen LogP contribution in [0.4, 0.5) is 13.2 Å². The van der Waals surface area contributed by atoms with Crippen molar-refractivity contribution in [2.24, 2.45) is 5.92 Å². The lowest BCUT2D eigenvalue weighted by atomic mass is 9.93. The molecule has 0 amide bonds. The third-order valence-electron chi connectivity index (χ3n) is 5.17. The minimum Gasteiger partial charge on any atom is -0.166 e. The first-order valence-corrected chi connectivity index (χ1v) is 8.75. The molecule has 1 aliphatic carbocycles. The van der Waals surface area contributed by atoms with E-state index in [1.165, 1.54) is 37.7 Å². The molecule has 1 fully saturated rings. The van der Waals surface area contributed by atoms with Gasteiger partial charge in [-0.25, -0.2) is 0 Å². The van der Waals surface area contributed by atoms with E-state index in [2.05, 4.69) is 19.1 Å². The minimum absolute atomic E-state index is 0.601. The third kappa shape index (κ3) is 3.82. The summed E-state index contributed by atoms with van der Waals surface area (Å²) < 4.78 is 37.9. The number of hydrogen-bond acceptors (Lipinski definition) is 0. The predicted molar refractivity (Wildman–Crippen MR) is 91.9 cm³/mol. The van der Waals surface area contributed by atoms with Crippen LogP contribution in [-0.4, -0.2) is 0 Å². The van der Waals surface area contributed by atoms with E-state index in [0.717, 1.165) is 29.2 Å². The Kier molecular flexibility index (Phi) is 4.98. The molecule has 3 heteroatoms. The Morgan fingerprint density at radius 1 is 0.875 bits per heavy atom. The molecule has 2 unspecified atom stereocenters. The summed E-state index contributed by atoms with van der Waals surface area (Å²) in [5.74, 6) is 1.50. The van der Waals surface area contributed by atoms with E-state index >= 15 is 0 Å². The van der Waals surface area contributed by atoms with E-state index in [1.807, 2.05) is 12.1 Å². The normalized spacial score (nSPS) is 21.2. The fourth-order valence-corrected chi connectivity index (χ4v) is 3.85. The second-order valence-corrected chi connectivity index (χ2v) is 6.86. The summed E-state index contributed by atoms with van der Waals surface area (Å²) in [6.45, 7) is 2.24. The zero-order valence-electron chi connectivity index (χ0n) is 13.9. The van der Waals surface area contributed by atoms with Gasteiger partial charge in [0, 0.05) is 0 Å². The number of halogens is 3. The van der Waals surface area contributed by atoms with Crippen LogP contribution in [0.2, 0.25) is 0 Å². The van der Waals surface area contributed by atoms with Crippen LogP contribution >= 0.6 is 0 Å². The molecule has 2 aromatic rings. The van der Waals surface area contributed by atoms with Crippen molar-refractivity contribution >= 4 is 0 Å². The summed E-state index contributed by atoms with van der Waals surface area (Å²) >= 11 is 0. The van der Waals surface area contributed by atoms with Gasteiger partial charge in [-0.05, 0) is 59.9 Å². The average molecular weight is 332 g/mol. The first-order chi connectivity index (χ1) is 11.5. The van der Waals surface area contributed by atoms with E-state index in [-0.39, 0.29) is 0 Å². The molecule has 1 aliphatic rings. The number of hydrogen-bond donors (Lipinski definition) is 0. The molecular formula is C21H23F3. The lowest BCUT2D eigenvalue weighted by Gasteiger charge is -2.12. The van der Waals surface area contributed by atoms with Crippen molar-refractivity contribution in [1.82, 2.24) is 0 Å². The Morgan fingerprint density at radius 3 is 2.00 bits per heavy atom. The summed E-state index contributed by atoms with van der Waals surface area (Å²) in [4.78, 5) is 0. The Labute approximate surface area is 141 Å². The summed E-state index contributed by atoms with van der Waals surface area (Å²) in [5, 5.41) is 0. The third-order valence-corrected chi connectivity index (χ3v) is 5.17. The summed E-state index contributed by atoms with van der Waals surface area (Å²) in [5.41, 5.74) is 2.56. The fourth-order valence-electron chi connectivity index (χ4n) is 3.85. The van der Waals surface area contributed by atoms with Gasteiger partial charge >= 0.3 is 6.18 Å². The van der Waals surface area contributed by atoms with Gasteiger partial charge in [-0.3, -0.25) is 0 Å². The van der Waals surface area contributed by atoms with Crippen molar-refractivity contribution < 1.29 is 13.2 Å². The molecule has 2 atom stereocenters. The molecule has 3 rings (SSSR count). The van der Waals surface area contributed by atoms with Gasteiger partial charge in [-0.15, -0.1) is 0 Å². The Balaban J connectivity index is 1.71. The van der Waals surface area contributed by atoms with Gasteiger partial charge in [0.05, 0.1) is 5.56 Å². The minimum atomic E-state index is -4.28. The molecule has 2 aromatic carbocycles. The van der Waals surface area contributed by atoms with E-state index < -0.39 is 11.7 Å². The second-order valence-electron chi connectivity index (χ2n) is 6.86. The van der Waals surface area contributed by atoms with Crippen molar-refractivity contribution in [3.05, 3.63) is 59.7 Å². The number of rotatable bonds is 4. The number of alkyl halides is 3. The Hall–Kier alpha value is -1.77. The van der Waals surface area contributed by atoms with Crippen molar-refractivity contribution in [3.8, 4) is 11.1 Å². The average Bonchev–Trinajstić information content (AvgIpc) is 3.03. The van der Waals surface area contributed by atoms with Crippen molar-refractivity contribution in [1.29, 1.82) is 0 Å². The molecule has 0 radical (unpaired) electrons. The highest BCUT2D eigenvalue weighted by Gasteiger charge is 2.30. The smallest absolute Gasteiger partial charge is 0.166 e. The van der Waals surface area contributed by atoms with E-state index in [4.69, 9.17) is 0 Å². The summed E-state index contributed by atoms with van der Waals surface area (Å²) in [6.07, 6.45) is 2.14. The molecule has 0 nitrogen and oxygen atoms in total. The van der Waals surface area contributed by atoms with E-state index in [1.54, 1.807) is 12.1 Å². The number of benzene rings is 2. The monoisotopic (exact) mass is 332 g/mol. The highest BCUT2D eigenvalue weighted by molar-refractivity contribution is 5.64. The molecule has 0 bridgehead atoms. The van der Waals surface area contributed by atoms with Crippen molar-refractivity contribution in [3.63, 3.8) is 0 Å².